The van der Waals surface area contributed by atoms with Crippen LogP contribution >= 0.6 is 7.82 Å². The monoisotopic (exact) mass is 212 g/mol. The minimum Gasteiger partial charge on any atom is -0.376 e. The molecule has 0 amide bonds. The molecule has 0 aliphatic heterocycles. The first-order chi connectivity index (χ1) is 6.05. The maximum Gasteiger partial charge on any atom is 0.472 e. The van der Waals surface area contributed by atoms with Crippen molar-refractivity contribution < 1.29 is 23.2 Å². The fraction of sp³-hybridized carbons (Fsp3) is 1.00. The summed E-state index contributed by atoms with van der Waals surface area (Å²) >= 11 is 0. The van der Waals surface area contributed by atoms with Gasteiger partial charge in [-0.2, -0.15) is 0 Å². The number of ether oxygens (including phenoxy) is 1. The molecular formula is C7H17O5P. The van der Waals surface area contributed by atoms with Crippen LogP contribution in [0.1, 0.15) is 20.3 Å². The Labute approximate surface area is 78.6 Å². The van der Waals surface area contributed by atoms with Crippen LogP contribution < -0.4 is 0 Å². The first-order valence-corrected chi connectivity index (χ1v) is 5.70. The third kappa shape index (κ3) is 6.18. The average molecular weight is 212 g/mol. The van der Waals surface area contributed by atoms with E-state index in [-0.39, 0.29) is 12.7 Å². The SMILES string of the molecule is CCOC(CC)COP(=O)(O)OC. The summed E-state index contributed by atoms with van der Waals surface area (Å²) in [6, 6.07) is 0. The Kier molecular flexibility index (Phi) is 6.55. The Morgan fingerprint density at radius 2 is 2.08 bits per heavy atom. The number of phosphoric acid groups is 1. The van der Waals surface area contributed by atoms with Crippen LogP contribution in [0.15, 0.2) is 0 Å². The zero-order valence-corrected chi connectivity index (χ0v) is 9.12. The van der Waals surface area contributed by atoms with Gasteiger partial charge in [-0.1, -0.05) is 6.92 Å². The average Bonchev–Trinajstić information content (AvgIpc) is 2.12. The van der Waals surface area contributed by atoms with Crippen molar-refractivity contribution in [2.75, 3.05) is 20.3 Å². The highest BCUT2D eigenvalue weighted by molar-refractivity contribution is 7.47. The standard InChI is InChI=1S/C7H17O5P/c1-4-7(11-5-2)6-12-13(8,9)10-3/h7H,4-6H2,1-3H3,(H,8,9). The van der Waals surface area contributed by atoms with E-state index in [0.29, 0.717) is 6.61 Å². The first kappa shape index (κ1) is 13.1. The summed E-state index contributed by atoms with van der Waals surface area (Å²) in [7, 11) is -2.72. The molecule has 13 heavy (non-hydrogen) atoms. The quantitative estimate of drug-likeness (QED) is 0.649. The molecule has 0 saturated heterocycles. The van der Waals surface area contributed by atoms with Gasteiger partial charge in [-0.15, -0.1) is 0 Å². The van der Waals surface area contributed by atoms with Crippen LogP contribution in [0.3, 0.4) is 0 Å². The maximum absolute atomic E-state index is 10.9. The predicted octanol–water partition coefficient (Wildman–Crippen LogP) is 1.56. The highest BCUT2D eigenvalue weighted by Crippen LogP contribution is 2.42. The third-order valence-corrected chi connectivity index (χ3v) is 2.45. The van der Waals surface area contributed by atoms with Crippen LogP contribution in [-0.2, 0) is 18.3 Å². The third-order valence-electron chi connectivity index (χ3n) is 1.51. The predicted molar refractivity (Wildman–Crippen MR) is 48.5 cm³/mol. The highest BCUT2D eigenvalue weighted by atomic mass is 31.2. The van der Waals surface area contributed by atoms with E-state index in [9.17, 15) is 4.57 Å². The van der Waals surface area contributed by atoms with Crippen LogP contribution in [0.25, 0.3) is 0 Å². The molecule has 2 unspecified atom stereocenters. The summed E-state index contributed by atoms with van der Waals surface area (Å²) in [6.45, 7) is 4.41. The molecule has 0 radical (unpaired) electrons. The van der Waals surface area contributed by atoms with Gasteiger partial charge in [0.05, 0.1) is 12.7 Å². The molecule has 5 nitrogen and oxygen atoms in total. The first-order valence-electron chi connectivity index (χ1n) is 4.20. The molecule has 0 spiro atoms. The maximum atomic E-state index is 10.9. The molecule has 2 atom stereocenters. The summed E-state index contributed by atoms with van der Waals surface area (Å²) in [4.78, 5) is 8.89. The van der Waals surface area contributed by atoms with Crippen LogP contribution in [0, 0.1) is 0 Å². The van der Waals surface area contributed by atoms with E-state index in [1.807, 2.05) is 13.8 Å². The summed E-state index contributed by atoms with van der Waals surface area (Å²) in [5.41, 5.74) is 0. The van der Waals surface area contributed by atoms with Gasteiger partial charge >= 0.3 is 7.82 Å². The van der Waals surface area contributed by atoms with Crippen LogP contribution in [-0.4, -0.2) is 31.3 Å². The second kappa shape index (κ2) is 6.51. The van der Waals surface area contributed by atoms with Crippen molar-refractivity contribution in [3.8, 4) is 0 Å². The van der Waals surface area contributed by atoms with Crippen molar-refractivity contribution in [2.45, 2.75) is 26.4 Å². The van der Waals surface area contributed by atoms with E-state index in [4.69, 9.17) is 9.63 Å². The summed E-state index contributed by atoms with van der Waals surface area (Å²) in [5.74, 6) is 0. The van der Waals surface area contributed by atoms with E-state index < -0.39 is 7.82 Å². The van der Waals surface area contributed by atoms with Crippen molar-refractivity contribution in [3.05, 3.63) is 0 Å². The Hall–Kier alpha value is 0.0700. The molecule has 0 aromatic heterocycles. The van der Waals surface area contributed by atoms with E-state index in [0.717, 1.165) is 13.5 Å². The van der Waals surface area contributed by atoms with Gasteiger partial charge in [0, 0.05) is 13.7 Å². The van der Waals surface area contributed by atoms with Gasteiger partial charge in [-0.25, -0.2) is 4.57 Å². The number of rotatable bonds is 7. The lowest BCUT2D eigenvalue weighted by Gasteiger charge is -2.16. The smallest absolute Gasteiger partial charge is 0.376 e. The molecule has 6 heteroatoms. The Morgan fingerprint density at radius 1 is 1.46 bits per heavy atom. The van der Waals surface area contributed by atoms with Gasteiger partial charge in [-0.3, -0.25) is 9.05 Å². The fourth-order valence-corrected chi connectivity index (χ4v) is 1.21. The molecule has 0 rings (SSSR count). The second-order valence-electron chi connectivity index (χ2n) is 2.43. The minimum absolute atomic E-state index is 0.0754. The van der Waals surface area contributed by atoms with E-state index in [1.54, 1.807) is 0 Å². The Morgan fingerprint density at radius 3 is 2.46 bits per heavy atom. The Balaban J connectivity index is 3.77. The molecule has 80 valence electrons. The van der Waals surface area contributed by atoms with E-state index >= 15 is 0 Å². The van der Waals surface area contributed by atoms with E-state index in [1.165, 1.54) is 0 Å². The summed E-state index contributed by atoms with van der Waals surface area (Å²) in [5, 5.41) is 0. The normalized spacial score (nSPS) is 18.2. The zero-order valence-electron chi connectivity index (χ0n) is 8.23. The fourth-order valence-electron chi connectivity index (χ4n) is 0.750. The van der Waals surface area contributed by atoms with Crippen molar-refractivity contribution in [1.82, 2.24) is 0 Å². The van der Waals surface area contributed by atoms with Gasteiger partial charge in [0.15, 0.2) is 0 Å². The van der Waals surface area contributed by atoms with Gasteiger partial charge < -0.3 is 9.63 Å². The van der Waals surface area contributed by atoms with Crippen molar-refractivity contribution in [2.24, 2.45) is 0 Å². The lowest BCUT2D eigenvalue weighted by Crippen LogP contribution is -2.18. The second-order valence-corrected chi connectivity index (χ2v) is 3.99. The zero-order chi connectivity index (χ0) is 10.3. The molecule has 1 N–H and O–H groups in total. The Bertz CT molecular complexity index is 172. The van der Waals surface area contributed by atoms with Crippen molar-refractivity contribution in [3.63, 3.8) is 0 Å². The number of hydrogen-bond donors (Lipinski definition) is 1. The molecule has 0 fully saturated rings. The molecule has 0 aliphatic carbocycles. The van der Waals surface area contributed by atoms with Crippen molar-refractivity contribution >= 4 is 7.82 Å². The van der Waals surface area contributed by atoms with Crippen LogP contribution in [0.5, 0.6) is 0 Å². The summed E-state index contributed by atoms with van der Waals surface area (Å²) < 4.78 is 25.0. The molecule has 0 heterocycles. The largest absolute Gasteiger partial charge is 0.472 e. The molecule has 0 aromatic carbocycles. The van der Waals surface area contributed by atoms with Gasteiger partial charge in [0.25, 0.3) is 0 Å². The number of phosphoric ester groups is 1. The molecule has 0 aliphatic rings. The summed E-state index contributed by atoms with van der Waals surface area (Å²) in [6.07, 6.45) is 0.581. The van der Waals surface area contributed by atoms with E-state index in [2.05, 4.69) is 9.05 Å². The minimum atomic E-state index is -3.84. The van der Waals surface area contributed by atoms with Crippen molar-refractivity contribution in [1.29, 1.82) is 0 Å². The van der Waals surface area contributed by atoms with Crippen LogP contribution in [0.4, 0.5) is 0 Å². The van der Waals surface area contributed by atoms with Gasteiger partial charge in [0.1, 0.15) is 0 Å². The van der Waals surface area contributed by atoms with Gasteiger partial charge in [-0.05, 0) is 13.3 Å². The molecule has 0 bridgehead atoms. The molecule has 0 saturated carbocycles. The highest BCUT2D eigenvalue weighted by Gasteiger charge is 2.20. The topological polar surface area (TPSA) is 65.0 Å². The lowest BCUT2D eigenvalue weighted by molar-refractivity contribution is 0.0150. The molecular weight excluding hydrogens is 195 g/mol. The number of hydrogen-bond acceptors (Lipinski definition) is 4. The lowest BCUT2D eigenvalue weighted by atomic mass is 10.3. The van der Waals surface area contributed by atoms with Crippen LogP contribution in [0.2, 0.25) is 0 Å². The van der Waals surface area contributed by atoms with Gasteiger partial charge in [0.2, 0.25) is 0 Å². The molecule has 0 aromatic rings.